The number of ether oxygens (including phenoxy) is 1. The number of Topliss-reactive ketones (excluding diaryl/α,β-unsaturated/α-hetero) is 1. The van der Waals surface area contributed by atoms with Gasteiger partial charge in [0.15, 0.2) is 0 Å². The van der Waals surface area contributed by atoms with Gasteiger partial charge in [-0.2, -0.15) is 0 Å². The van der Waals surface area contributed by atoms with E-state index in [1.54, 1.807) is 48.5 Å². The van der Waals surface area contributed by atoms with E-state index in [1.807, 2.05) is 27.7 Å². The van der Waals surface area contributed by atoms with E-state index in [0.29, 0.717) is 27.8 Å². The van der Waals surface area contributed by atoms with Crippen molar-refractivity contribution in [2.45, 2.75) is 39.8 Å². The Hall–Kier alpha value is -3.51. The minimum absolute atomic E-state index is 0.00578. The molecule has 0 radical (unpaired) electrons. The van der Waals surface area contributed by atoms with Gasteiger partial charge in [0.2, 0.25) is 0 Å². The molecule has 3 aromatic rings. The maximum atomic E-state index is 13.2. The van der Waals surface area contributed by atoms with Crippen molar-refractivity contribution in [1.29, 1.82) is 0 Å². The van der Waals surface area contributed by atoms with Crippen LogP contribution in [-0.2, 0) is 9.59 Å². The van der Waals surface area contributed by atoms with Crippen LogP contribution in [0.5, 0.6) is 5.75 Å². The number of rotatable bonds is 5. The van der Waals surface area contributed by atoms with Gasteiger partial charge in [-0.15, -0.1) is 0 Å². The first-order valence-electron chi connectivity index (χ1n) is 10.6. The van der Waals surface area contributed by atoms with Crippen molar-refractivity contribution in [3.8, 4) is 5.75 Å². The summed E-state index contributed by atoms with van der Waals surface area (Å²) in [6.07, 6.45) is 1.45. The maximum absolute atomic E-state index is 13.2. The smallest absolute Gasteiger partial charge is 0.300 e. The van der Waals surface area contributed by atoms with Crippen LogP contribution in [-0.4, -0.2) is 22.9 Å². The molecule has 1 aromatic heterocycles. The highest BCUT2D eigenvalue weighted by molar-refractivity contribution is 6.51. The Labute approximate surface area is 197 Å². The second-order valence-corrected chi connectivity index (χ2v) is 8.67. The van der Waals surface area contributed by atoms with Gasteiger partial charge in [-0.05, 0) is 81.3 Å². The van der Waals surface area contributed by atoms with Gasteiger partial charge in [0.1, 0.15) is 23.3 Å². The number of aliphatic hydroxyl groups is 1. The first-order valence-corrected chi connectivity index (χ1v) is 10.9. The summed E-state index contributed by atoms with van der Waals surface area (Å²) < 4.78 is 11.3. The minimum Gasteiger partial charge on any atom is -0.507 e. The topological polar surface area (TPSA) is 80.0 Å². The summed E-state index contributed by atoms with van der Waals surface area (Å²) in [5.41, 5.74) is 2.42. The molecule has 1 fully saturated rings. The highest BCUT2D eigenvalue weighted by Crippen LogP contribution is 2.43. The zero-order chi connectivity index (χ0) is 23.9. The maximum Gasteiger partial charge on any atom is 0.300 e. The lowest BCUT2D eigenvalue weighted by atomic mass is 9.98. The van der Waals surface area contributed by atoms with Crippen molar-refractivity contribution in [3.05, 3.63) is 87.8 Å². The molecule has 0 saturated carbocycles. The SMILES string of the molecule is Cc1ccc(N2C(=O)C(=O)/C(=C(\O)c3ccc(OC(C)C)c(C)c3)C2c2ccco2)cc1Cl. The largest absolute Gasteiger partial charge is 0.507 e. The predicted molar refractivity (Wildman–Crippen MR) is 127 cm³/mol. The van der Waals surface area contributed by atoms with Crippen LogP contribution >= 0.6 is 11.6 Å². The molecule has 2 aromatic carbocycles. The lowest BCUT2D eigenvalue weighted by Crippen LogP contribution is -2.29. The number of nitrogens with zero attached hydrogens (tertiary/aromatic N) is 1. The third-order valence-corrected chi connectivity index (χ3v) is 5.91. The number of ketones is 1. The molecule has 0 spiro atoms. The molecule has 4 rings (SSSR count). The van der Waals surface area contributed by atoms with Gasteiger partial charge in [0.25, 0.3) is 11.7 Å². The molecule has 1 atom stereocenters. The Kier molecular flexibility index (Phi) is 6.04. The van der Waals surface area contributed by atoms with Crippen LogP contribution < -0.4 is 9.64 Å². The Morgan fingerprint density at radius 2 is 1.85 bits per heavy atom. The van der Waals surface area contributed by atoms with Gasteiger partial charge in [0, 0.05) is 16.3 Å². The summed E-state index contributed by atoms with van der Waals surface area (Å²) in [4.78, 5) is 27.6. The zero-order valence-electron chi connectivity index (χ0n) is 18.8. The fourth-order valence-corrected chi connectivity index (χ4v) is 4.06. The fourth-order valence-electron chi connectivity index (χ4n) is 3.88. The van der Waals surface area contributed by atoms with Gasteiger partial charge >= 0.3 is 0 Å². The Balaban J connectivity index is 1.86. The molecule has 33 heavy (non-hydrogen) atoms. The number of furan rings is 1. The quantitative estimate of drug-likeness (QED) is 0.285. The monoisotopic (exact) mass is 465 g/mol. The predicted octanol–water partition coefficient (Wildman–Crippen LogP) is 5.96. The molecule has 2 heterocycles. The average molecular weight is 466 g/mol. The second kappa shape index (κ2) is 8.79. The van der Waals surface area contributed by atoms with E-state index < -0.39 is 17.7 Å². The Morgan fingerprint density at radius 3 is 2.45 bits per heavy atom. The second-order valence-electron chi connectivity index (χ2n) is 8.26. The first-order chi connectivity index (χ1) is 15.7. The number of hydrogen-bond donors (Lipinski definition) is 1. The van der Waals surface area contributed by atoms with Crippen molar-refractivity contribution in [2.75, 3.05) is 4.90 Å². The van der Waals surface area contributed by atoms with Crippen LogP contribution in [0, 0.1) is 13.8 Å². The number of anilines is 1. The summed E-state index contributed by atoms with van der Waals surface area (Å²) in [7, 11) is 0. The first kappa shape index (κ1) is 22.7. The van der Waals surface area contributed by atoms with E-state index in [0.717, 1.165) is 11.1 Å². The number of aryl methyl sites for hydroxylation is 2. The molecule has 0 bridgehead atoms. The number of carbonyl (C=O) groups is 2. The minimum atomic E-state index is -0.939. The van der Waals surface area contributed by atoms with Crippen LogP contribution in [0.3, 0.4) is 0 Å². The number of benzene rings is 2. The van der Waals surface area contributed by atoms with Gasteiger partial charge < -0.3 is 14.3 Å². The number of hydrogen-bond acceptors (Lipinski definition) is 5. The third-order valence-electron chi connectivity index (χ3n) is 5.50. The van der Waals surface area contributed by atoms with E-state index in [9.17, 15) is 14.7 Å². The summed E-state index contributed by atoms with van der Waals surface area (Å²) in [5.74, 6) is -0.822. The van der Waals surface area contributed by atoms with Gasteiger partial charge in [-0.1, -0.05) is 17.7 Å². The zero-order valence-corrected chi connectivity index (χ0v) is 19.5. The number of carbonyl (C=O) groups excluding carboxylic acids is 2. The molecule has 0 aliphatic carbocycles. The van der Waals surface area contributed by atoms with Crippen molar-refractivity contribution >= 4 is 34.7 Å². The number of amides is 1. The van der Waals surface area contributed by atoms with Crippen molar-refractivity contribution in [2.24, 2.45) is 0 Å². The molecule has 1 amide bonds. The van der Waals surface area contributed by atoms with Crippen molar-refractivity contribution in [3.63, 3.8) is 0 Å². The summed E-state index contributed by atoms with van der Waals surface area (Å²) >= 11 is 6.29. The lowest BCUT2D eigenvalue weighted by Gasteiger charge is -2.24. The molecule has 1 unspecified atom stereocenters. The molecule has 1 N–H and O–H groups in total. The molecule has 1 aliphatic rings. The van der Waals surface area contributed by atoms with Crippen LogP contribution in [0.25, 0.3) is 5.76 Å². The Morgan fingerprint density at radius 1 is 1.09 bits per heavy atom. The molecule has 1 aliphatic heterocycles. The molecule has 6 nitrogen and oxygen atoms in total. The van der Waals surface area contributed by atoms with E-state index in [1.165, 1.54) is 11.2 Å². The van der Waals surface area contributed by atoms with Crippen LogP contribution in [0.2, 0.25) is 5.02 Å². The molecular formula is C26H24ClNO5. The average Bonchev–Trinajstić information content (AvgIpc) is 3.38. The van der Waals surface area contributed by atoms with Crippen LogP contribution in [0.1, 0.15) is 42.3 Å². The van der Waals surface area contributed by atoms with Gasteiger partial charge in [-0.25, -0.2) is 0 Å². The van der Waals surface area contributed by atoms with E-state index in [4.69, 9.17) is 20.8 Å². The van der Waals surface area contributed by atoms with E-state index in [-0.39, 0.29) is 17.4 Å². The standard InChI is InChI=1S/C26H24ClNO5/c1-14(2)33-20-10-8-17(12-16(20)4)24(29)22-23(21-6-5-11-32-21)28(26(31)25(22)30)18-9-7-15(3)19(27)13-18/h5-14,23,29H,1-4H3/b24-22-. The number of aliphatic hydroxyl groups excluding tert-OH is 1. The summed E-state index contributed by atoms with van der Waals surface area (Å²) in [5, 5.41) is 11.7. The van der Waals surface area contributed by atoms with Crippen LogP contribution in [0.15, 0.2) is 64.8 Å². The number of halogens is 1. The Bertz CT molecular complexity index is 1260. The highest BCUT2D eigenvalue weighted by atomic mass is 35.5. The van der Waals surface area contributed by atoms with E-state index in [2.05, 4.69) is 0 Å². The van der Waals surface area contributed by atoms with Gasteiger partial charge in [-0.3, -0.25) is 14.5 Å². The van der Waals surface area contributed by atoms with Crippen LogP contribution in [0.4, 0.5) is 5.69 Å². The van der Waals surface area contributed by atoms with Crippen molar-refractivity contribution in [1.82, 2.24) is 0 Å². The molecular weight excluding hydrogens is 442 g/mol. The summed E-state index contributed by atoms with van der Waals surface area (Å²) in [6.45, 7) is 7.55. The van der Waals surface area contributed by atoms with Gasteiger partial charge in [0.05, 0.1) is 17.9 Å². The molecule has 1 saturated heterocycles. The fraction of sp³-hybridized carbons (Fsp3) is 0.231. The van der Waals surface area contributed by atoms with E-state index >= 15 is 0 Å². The summed E-state index contributed by atoms with van der Waals surface area (Å²) in [6, 6.07) is 12.6. The lowest BCUT2D eigenvalue weighted by molar-refractivity contribution is -0.132. The third kappa shape index (κ3) is 4.14. The van der Waals surface area contributed by atoms with Crippen molar-refractivity contribution < 1.29 is 23.8 Å². The highest BCUT2D eigenvalue weighted by Gasteiger charge is 2.48. The molecule has 170 valence electrons. The molecule has 7 heteroatoms. The normalized spacial score (nSPS) is 17.8.